The summed E-state index contributed by atoms with van der Waals surface area (Å²) in [6.45, 7) is 3.57. The summed E-state index contributed by atoms with van der Waals surface area (Å²) in [5, 5.41) is 2.81. The zero-order valence-electron chi connectivity index (χ0n) is 16.0. The molecule has 3 aromatic rings. The second-order valence-corrected chi connectivity index (χ2v) is 6.79. The van der Waals surface area contributed by atoms with E-state index in [1.165, 1.54) is 11.1 Å². The Morgan fingerprint density at radius 1 is 1.18 bits per heavy atom. The van der Waals surface area contributed by atoms with E-state index in [1.54, 1.807) is 6.33 Å². The number of carbonyl (C=O) groups excluding carboxylic acids is 1. The number of hydrogen-bond acceptors (Lipinski definition) is 4. The van der Waals surface area contributed by atoms with Crippen LogP contribution in [0.1, 0.15) is 16.8 Å². The number of nitrogens with zero attached hydrogens (tertiary/aromatic N) is 2. The molecule has 0 fully saturated rings. The van der Waals surface area contributed by atoms with Crippen LogP contribution in [0.5, 0.6) is 5.75 Å². The Labute approximate surface area is 165 Å². The Kier molecular flexibility index (Phi) is 6.81. The van der Waals surface area contributed by atoms with E-state index in [0.717, 1.165) is 18.0 Å². The molecule has 0 aliphatic rings. The topological polar surface area (TPSA) is 82.2 Å². The fourth-order valence-corrected chi connectivity index (χ4v) is 2.82. The summed E-state index contributed by atoms with van der Waals surface area (Å²) in [6, 6.07) is 17.3. The number of carbonyl (C=O) groups is 1. The van der Waals surface area contributed by atoms with Crippen LogP contribution in [0.2, 0.25) is 0 Å². The molecule has 6 nitrogen and oxygen atoms in total. The van der Waals surface area contributed by atoms with Crippen molar-refractivity contribution >= 4 is 5.91 Å². The third-order valence-corrected chi connectivity index (χ3v) is 4.35. The molecule has 0 spiro atoms. The molecule has 0 bridgehead atoms. The van der Waals surface area contributed by atoms with Gasteiger partial charge in [0.2, 0.25) is 5.91 Å². The summed E-state index contributed by atoms with van der Waals surface area (Å²) < 4.78 is 7.59. The van der Waals surface area contributed by atoms with Crippen LogP contribution in [0.15, 0.2) is 67.1 Å². The normalized spacial score (nSPS) is 11.8. The Morgan fingerprint density at radius 3 is 2.68 bits per heavy atom. The number of ether oxygens (including phenoxy) is 1. The van der Waals surface area contributed by atoms with Gasteiger partial charge in [-0.3, -0.25) is 4.79 Å². The summed E-state index contributed by atoms with van der Waals surface area (Å²) in [4.78, 5) is 16.5. The average Bonchev–Trinajstić information content (AvgIpc) is 3.14. The Balaban J connectivity index is 1.39. The monoisotopic (exact) mass is 378 g/mol. The number of nitrogens with two attached hydrogens (primary N) is 1. The first-order chi connectivity index (χ1) is 13.6. The van der Waals surface area contributed by atoms with Gasteiger partial charge in [0.25, 0.3) is 0 Å². The lowest BCUT2D eigenvalue weighted by Gasteiger charge is -2.12. The zero-order valence-corrected chi connectivity index (χ0v) is 16.0. The van der Waals surface area contributed by atoms with Gasteiger partial charge in [-0.1, -0.05) is 48.0 Å². The first kappa shape index (κ1) is 19.6. The van der Waals surface area contributed by atoms with Gasteiger partial charge in [-0.2, -0.15) is 0 Å². The van der Waals surface area contributed by atoms with Gasteiger partial charge in [-0.25, -0.2) is 4.98 Å². The molecule has 0 unspecified atom stereocenters. The lowest BCUT2D eigenvalue weighted by molar-refractivity contribution is -0.122. The van der Waals surface area contributed by atoms with Crippen molar-refractivity contribution in [2.24, 2.45) is 5.73 Å². The molecule has 6 heteroatoms. The smallest absolute Gasteiger partial charge is 0.237 e. The van der Waals surface area contributed by atoms with Crippen molar-refractivity contribution in [2.75, 3.05) is 13.2 Å². The molecule has 0 radical (unpaired) electrons. The minimum absolute atomic E-state index is 0.204. The van der Waals surface area contributed by atoms with Crippen molar-refractivity contribution in [1.29, 1.82) is 0 Å². The van der Waals surface area contributed by atoms with E-state index in [0.29, 0.717) is 19.6 Å². The number of nitrogens with one attached hydrogen (secondary N) is 1. The number of imidazole rings is 1. The van der Waals surface area contributed by atoms with Gasteiger partial charge in [-0.15, -0.1) is 0 Å². The standard InChI is InChI=1S/C22H26N4O2/c1-17-7-9-20(10-8-17)28-12-11-24-22(27)21(23)13-19-15-26(16-25-19)14-18-5-3-2-4-6-18/h2-10,15-16,21H,11-14,23H2,1H3,(H,24,27)/t21-/m0/s1. The predicted octanol–water partition coefficient (Wildman–Crippen LogP) is 2.30. The molecule has 1 aromatic heterocycles. The van der Waals surface area contributed by atoms with Gasteiger partial charge < -0.3 is 20.4 Å². The molecule has 3 rings (SSSR count). The number of aromatic nitrogens is 2. The van der Waals surface area contributed by atoms with E-state index in [2.05, 4.69) is 22.4 Å². The van der Waals surface area contributed by atoms with E-state index in [-0.39, 0.29) is 5.91 Å². The van der Waals surface area contributed by atoms with Crippen molar-refractivity contribution < 1.29 is 9.53 Å². The van der Waals surface area contributed by atoms with Crippen molar-refractivity contribution in [3.8, 4) is 5.75 Å². The predicted molar refractivity (Wildman–Crippen MR) is 109 cm³/mol. The van der Waals surface area contributed by atoms with Crippen LogP contribution in [0.3, 0.4) is 0 Å². The van der Waals surface area contributed by atoms with Gasteiger partial charge in [0.05, 0.1) is 24.6 Å². The highest BCUT2D eigenvalue weighted by Crippen LogP contribution is 2.10. The molecule has 0 saturated heterocycles. The molecule has 146 valence electrons. The van der Waals surface area contributed by atoms with E-state index in [4.69, 9.17) is 10.5 Å². The maximum atomic E-state index is 12.2. The Morgan fingerprint density at radius 2 is 1.93 bits per heavy atom. The third-order valence-electron chi connectivity index (χ3n) is 4.35. The minimum atomic E-state index is -0.639. The molecule has 1 heterocycles. The molecule has 0 saturated carbocycles. The van der Waals surface area contributed by atoms with Crippen LogP contribution in [0.4, 0.5) is 0 Å². The van der Waals surface area contributed by atoms with Crippen molar-refractivity contribution in [3.05, 3.63) is 83.9 Å². The summed E-state index contributed by atoms with van der Waals surface area (Å²) in [7, 11) is 0. The number of benzene rings is 2. The maximum absolute atomic E-state index is 12.2. The summed E-state index contributed by atoms with van der Waals surface area (Å²) >= 11 is 0. The molecule has 0 aliphatic carbocycles. The number of hydrogen-bond donors (Lipinski definition) is 2. The molecule has 1 amide bonds. The van der Waals surface area contributed by atoms with Crippen LogP contribution >= 0.6 is 0 Å². The summed E-state index contributed by atoms with van der Waals surface area (Å²) in [5.41, 5.74) is 9.19. The fraction of sp³-hybridized carbons (Fsp3) is 0.273. The highest BCUT2D eigenvalue weighted by molar-refractivity contribution is 5.81. The Bertz CT molecular complexity index is 875. The quantitative estimate of drug-likeness (QED) is 0.560. The van der Waals surface area contributed by atoms with Crippen molar-refractivity contribution in [1.82, 2.24) is 14.9 Å². The largest absolute Gasteiger partial charge is 0.492 e. The number of aryl methyl sites for hydroxylation is 1. The molecule has 2 aromatic carbocycles. The molecule has 28 heavy (non-hydrogen) atoms. The van der Waals surface area contributed by atoms with E-state index in [1.807, 2.05) is 60.2 Å². The summed E-state index contributed by atoms with van der Waals surface area (Å²) in [6.07, 6.45) is 4.09. The second-order valence-electron chi connectivity index (χ2n) is 6.79. The Hall–Kier alpha value is -3.12. The zero-order chi connectivity index (χ0) is 19.8. The molecule has 0 aliphatic heterocycles. The van der Waals surface area contributed by atoms with Crippen LogP contribution in [0.25, 0.3) is 0 Å². The van der Waals surface area contributed by atoms with Gasteiger partial charge >= 0.3 is 0 Å². The SMILES string of the molecule is Cc1ccc(OCCNC(=O)[C@@H](N)Cc2cn(Cc3ccccc3)cn2)cc1. The average molecular weight is 378 g/mol. The third kappa shape index (κ3) is 5.96. The van der Waals surface area contributed by atoms with Crippen LogP contribution in [-0.4, -0.2) is 34.7 Å². The molecule has 1 atom stereocenters. The van der Waals surface area contributed by atoms with Crippen LogP contribution in [0, 0.1) is 6.92 Å². The van der Waals surface area contributed by atoms with Crippen LogP contribution < -0.4 is 15.8 Å². The van der Waals surface area contributed by atoms with E-state index < -0.39 is 6.04 Å². The van der Waals surface area contributed by atoms with Crippen molar-refractivity contribution in [2.45, 2.75) is 25.9 Å². The van der Waals surface area contributed by atoms with Gasteiger partial charge in [0.1, 0.15) is 12.4 Å². The van der Waals surface area contributed by atoms with Gasteiger partial charge in [0.15, 0.2) is 0 Å². The molecular formula is C22H26N4O2. The lowest BCUT2D eigenvalue weighted by atomic mass is 10.1. The molecule has 3 N–H and O–H groups in total. The minimum Gasteiger partial charge on any atom is -0.492 e. The first-order valence-corrected chi connectivity index (χ1v) is 9.37. The maximum Gasteiger partial charge on any atom is 0.237 e. The first-order valence-electron chi connectivity index (χ1n) is 9.37. The van der Waals surface area contributed by atoms with E-state index in [9.17, 15) is 4.79 Å². The van der Waals surface area contributed by atoms with Crippen LogP contribution in [-0.2, 0) is 17.8 Å². The van der Waals surface area contributed by atoms with Gasteiger partial charge in [0, 0.05) is 19.2 Å². The highest BCUT2D eigenvalue weighted by Gasteiger charge is 2.15. The summed E-state index contributed by atoms with van der Waals surface area (Å²) in [5.74, 6) is 0.582. The van der Waals surface area contributed by atoms with Crippen molar-refractivity contribution in [3.63, 3.8) is 0 Å². The molecular weight excluding hydrogens is 352 g/mol. The second kappa shape index (κ2) is 9.71. The number of rotatable bonds is 9. The fourth-order valence-electron chi connectivity index (χ4n) is 2.82. The highest BCUT2D eigenvalue weighted by atomic mass is 16.5. The van der Waals surface area contributed by atoms with Gasteiger partial charge in [-0.05, 0) is 24.6 Å². The number of amides is 1. The van der Waals surface area contributed by atoms with E-state index >= 15 is 0 Å². The lowest BCUT2D eigenvalue weighted by Crippen LogP contribution is -2.43.